The topological polar surface area (TPSA) is 0 Å². The molecule has 0 aliphatic carbocycles. The predicted octanol–water partition coefficient (Wildman–Crippen LogP) is 20.9. The fraction of sp³-hybridized carbons (Fsp3) is 0.688. The molecule has 4 aliphatic heterocycles. The van der Waals surface area contributed by atoms with Gasteiger partial charge in [0.2, 0.25) is 0 Å². The van der Waals surface area contributed by atoms with Crippen LogP contribution < -0.4 is 7.16 Å². The molecule has 0 amide bonds. The molecule has 0 saturated carbocycles. The van der Waals surface area contributed by atoms with Crippen molar-refractivity contribution >= 4 is 141 Å². The van der Waals surface area contributed by atoms with Gasteiger partial charge in [0, 0.05) is 0 Å². The first kappa shape index (κ1) is 70.4. The van der Waals surface area contributed by atoms with E-state index in [-0.39, 0.29) is 0 Å². The van der Waals surface area contributed by atoms with Gasteiger partial charge in [0.1, 0.15) is 0 Å². The van der Waals surface area contributed by atoms with Crippen LogP contribution in [-0.2, 0) is 0 Å². The van der Waals surface area contributed by atoms with Crippen LogP contribution in [0.3, 0.4) is 0 Å². The first-order valence-electron chi connectivity index (χ1n) is 31.4. The van der Waals surface area contributed by atoms with Gasteiger partial charge in [-0.25, -0.2) is 0 Å². The first-order valence-corrected chi connectivity index (χ1v) is 87.1. The monoisotopic (exact) mass is 1470 g/mol. The molecule has 2 bridgehead atoms. The van der Waals surface area contributed by atoms with Crippen molar-refractivity contribution in [2.45, 2.75) is 273 Å². The summed E-state index contributed by atoms with van der Waals surface area (Å²) in [6.45, 7) is 101. The van der Waals surface area contributed by atoms with E-state index in [0.29, 0.717) is 26.5 Å². The summed E-state index contributed by atoms with van der Waals surface area (Å²) in [7, 11) is -21.0. The van der Waals surface area contributed by atoms with Crippen LogP contribution in [-0.4, -0.2) is 134 Å². The van der Waals surface area contributed by atoms with E-state index in [2.05, 4.69) is 310 Å². The Morgan fingerprint density at radius 1 is 0.269 bits per heavy atom. The van der Waals surface area contributed by atoms with Crippen LogP contribution in [0.5, 0.6) is 0 Å². The van der Waals surface area contributed by atoms with Crippen molar-refractivity contribution in [2.75, 3.05) is 0 Å². The third kappa shape index (κ3) is 14.1. The minimum atomic E-state index is -3.97. The fourth-order valence-electron chi connectivity index (χ4n) is 20.6. The molecule has 78 heavy (non-hydrogen) atoms. The molecule has 440 valence electrons. The van der Waals surface area contributed by atoms with Crippen molar-refractivity contribution in [3.05, 3.63) is 100 Å². The molecule has 2 aromatic carbocycles. The quantitative estimate of drug-likeness (QED) is 0.116. The Morgan fingerprint density at radius 2 is 0.500 bits per heavy atom. The molecule has 2 atom stereocenters. The van der Waals surface area contributed by atoms with Gasteiger partial charge in [-0.3, -0.25) is 0 Å². The van der Waals surface area contributed by atoms with Crippen molar-refractivity contribution in [3.63, 3.8) is 0 Å². The molecule has 0 fully saturated rings. The van der Waals surface area contributed by atoms with Crippen LogP contribution in [0.2, 0.25) is 242 Å². The molecular formula is C64H128Si12Sn2. The summed E-state index contributed by atoms with van der Waals surface area (Å²) in [5, 5.41) is 4.25. The normalized spacial score (nSPS) is 22.4. The van der Waals surface area contributed by atoms with E-state index >= 15 is 0 Å². The molecule has 0 radical (unpaired) electrons. The SMILES string of the molecule is C[Si](C)(C)C(c1cc(C([Si](C)(C)C)[Si](C)(C)C)[c]([Sn]23[CH]=C[CH](C=[CH]2)[Sn]2([c]4c(C([Si](C)(C)C)[Si](C)(C)C)cc(C([Si](C)(C)C)[Si](C)(C)C)cc4C([Si](C)(C)C)[Si](C)(C)C)[CH]=CC=C[CH]32)c(C([Si](C)(C)C)[Si](C)(C)C)c1)[Si](C)(C)C. The van der Waals surface area contributed by atoms with Crippen LogP contribution in [0.4, 0.5) is 0 Å². The summed E-state index contributed by atoms with van der Waals surface area (Å²) in [6, 6.07) is 12.4. The molecule has 0 spiro atoms. The Labute approximate surface area is 507 Å². The molecule has 4 heterocycles. The van der Waals surface area contributed by atoms with Crippen LogP contribution >= 0.6 is 0 Å². The second-order valence-electron chi connectivity index (χ2n) is 39.5. The van der Waals surface area contributed by atoms with Crippen LogP contribution in [0.15, 0.2) is 66.9 Å². The second-order valence-corrected chi connectivity index (χ2v) is 133. The number of benzene rings is 2. The van der Waals surface area contributed by atoms with Crippen molar-refractivity contribution in [1.29, 1.82) is 0 Å². The molecule has 0 N–H and O–H groups in total. The maximum atomic E-state index is 3.17. The van der Waals surface area contributed by atoms with Crippen molar-refractivity contribution in [3.8, 4) is 0 Å². The van der Waals surface area contributed by atoms with E-state index in [4.69, 9.17) is 0 Å². The summed E-state index contributed by atoms with van der Waals surface area (Å²) < 4.78 is 14.9. The van der Waals surface area contributed by atoms with E-state index in [9.17, 15) is 0 Å². The van der Waals surface area contributed by atoms with E-state index in [0.717, 1.165) is 10.3 Å². The van der Waals surface area contributed by atoms with Crippen LogP contribution in [0, 0.1) is 0 Å². The molecule has 0 aromatic heterocycles. The number of allylic oxidation sites excluding steroid dienone is 5. The zero-order chi connectivity index (χ0) is 60.7. The number of hydrogen-bond acceptors (Lipinski definition) is 0. The summed E-state index contributed by atoms with van der Waals surface area (Å²) in [5.41, 5.74) is 11.4. The maximum absolute atomic E-state index is 3.97. The number of hydrogen-bond donors (Lipinski definition) is 0. The van der Waals surface area contributed by atoms with Crippen molar-refractivity contribution < 1.29 is 0 Å². The van der Waals surface area contributed by atoms with E-state index in [1.807, 2.05) is 27.8 Å². The Morgan fingerprint density at radius 3 is 0.731 bits per heavy atom. The molecule has 0 saturated heterocycles. The summed E-state index contributed by atoms with van der Waals surface area (Å²) in [6.07, 6.45) is 14.5. The summed E-state index contributed by atoms with van der Waals surface area (Å²) >= 11 is -7.92. The van der Waals surface area contributed by atoms with Gasteiger partial charge in [-0.1, -0.05) is 0 Å². The van der Waals surface area contributed by atoms with E-state index in [1.165, 1.54) is 0 Å². The van der Waals surface area contributed by atoms with Gasteiger partial charge in [0.15, 0.2) is 0 Å². The average Bonchev–Trinajstić information content (AvgIpc) is 3.11. The standard InChI is InChI=1S/2C27H59Si6.2C5H5.2Sn/c2*1-28(2,3)25(29(4,5)6)22-19-23(26(30(7,8)9)31(10,11)12)21-24(20-22)27(32(13,14)15)33(16,17)18;2*1-3-5-4-2;;/h2*19-20,25-27H,1-18H3;2*1-5H;;. The van der Waals surface area contributed by atoms with E-state index in [1.54, 1.807) is 5.56 Å². The van der Waals surface area contributed by atoms with E-state index < -0.39 is 134 Å². The fourth-order valence-corrected chi connectivity index (χ4v) is 161. The number of rotatable bonds is 20. The van der Waals surface area contributed by atoms with Crippen LogP contribution in [0.1, 0.15) is 64.4 Å². The molecule has 6 rings (SSSR count). The van der Waals surface area contributed by atoms with Crippen LogP contribution in [0.25, 0.3) is 0 Å². The van der Waals surface area contributed by atoms with Gasteiger partial charge < -0.3 is 0 Å². The zero-order valence-corrected chi connectivity index (χ0v) is 76.3. The van der Waals surface area contributed by atoms with Gasteiger partial charge in [-0.2, -0.15) is 0 Å². The Kier molecular flexibility index (Phi) is 20.1. The second kappa shape index (κ2) is 22.3. The third-order valence-corrected chi connectivity index (χ3v) is 119. The Hall–Kier alpha value is 1.60. The van der Waals surface area contributed by atoms with Gasteiger partial charge >= 0.3 is 514 Å². The predicted molar refractivity (Wildman–Crippen MR) is 404 cm³/mol. The van der Waals surface area contributed by atoms with Gasteiger partial charge in [-0.05, 0) is 0 Å². The molecule has 14 heteroatoms. The van der Waals surface area contributed by atoms with Gasteiger partial charge in [0.25, 0.3) is 0 Å². The molecule has 0 nitrogen and oxygen atoms in total. The summed E-state index contributed by atoms with van der Waals surface area (Å²) in [5.74, 6) is 0. The Balaban J connectivity index is 2.29. The summed E-state index contributed by atoms with van der Waals surface area (Å²) in [4.78, 5) is 0. The first-order chi connectivity index (χ1) is 34.3. The molecular weight excluding hydrogens is 1340 g/mol. The molecule has 2 aromatic rings. The minimum absolute atomic E-state index is 0.550. The Bertz CT molecular complexity index is 2450. The molecule has 4 aliphatic rings. The van der Waals surface area contributed by atoms with Crippen molar-refractivity contribution in [1.82, 2.24) is 0 Å². The third-order valence-electron chi connectivity index (χ3n) is 19.1. The zero-order valence-electron chi connectivity index (χ0n) is 58.5. The van der Waals surface area contributed by atoms with Gasteiger partial charge in [0.05, 0.1) is 0 Å². The van der Waals surface area contributed by atoms with Crippen molar-refractivity contribution in [2.24, 2.45) is 0 Å². The molecule has 2 unspecified atom stereocenters. The average molecular weight is 1470 g/mol. The van der Waals surface area contributed by atoms with Gasteiger partial charge in [-0.15, -0.1) is 0 Å².